The van der Waals surface area contributed by atoms with Crippen molar-refractivity contribution in [2.75, 3.05) is 170 Å². The number of urea groups is 1. The topological polar surface area (TPSA) is 306 Å². The Bertz CT molecular complexity index is 1650. The molecule has 0 bridgehead atoms. The van der Waals surface area contributed by atoms with Crippen molar-refractivity contribution < 1.29 is 81.3 Å². The Balaban J connectivity index is 0.951. The largest absolute Gasteiger partial charge is 0.378 e. The van der Waals surface area contributed by atoms with E-state index in [4.69, 9.17) is 47.8 Å². The van der Waals surface area contributed by atoms with Gasteiger partial charge in [-0.25, -0.2) is 26.7 Å². The SMILES string of the molecule is O=C(CCCCC1SCC2NC(=O)NC21)NCCOCCOCC(=O)N(CCNOCCOCCOCCNOCCCCN1C(=O)C=CC1=O)CCNOCCOCCOCCNOCCCCN1C(=O)C=CC1=O. The van der Waals surface area contributed by atoms with Crippen LogP contribution in [0.25, 0.3) is 0 Å². The third kappa shape index (κ3) is 28.9. The van der Waals surface area contributed by atoms with Crippen molar-refractivity contribution in [3.8, 4) is 0 Å². The molecule has 0 radical (unpaired) electrons. The summed E-state index contributed by atoms with van der Waals surface area (Å²) in [7, 11) is 0. The summed E-state index contributed by atoms with van der Waals surface area (Å²) in [5.74, 6) is -0.453. The third-order valence-corrected chi connectivity index (χ3v) is 13.1. The zero-order chi connectivity index (χ0) is 54.1. The maximum atomic E-state index is 13.1. The average Bonchev–Trinajstić information content (AvgIpc) is 4.16. The zero-order valence-corrected chi connectivity index (χ0v) is 44.6. The lowest BCUT2D eigenvalue weighted by atomic mass is 10.0. The first-order valence-electron chi connectivity index (χ1n) is 26.4. The molecule has 4 aliphatic heterocycles. The van der Waals surface area contributed by atoms with E-state index in [1.165, 1.54) is 34.1 Å². The number of amides is 8. The van der Waals surface area contributed by atoms with Crippen LogP contribution in [0.5, 0.6) is 0 Å². The lowest BCUT2D eigenvalue weighted by Crippen LogP contribution is -2.43. The molecule has 4 rings (SSSR count). The van der Waals surface area contributed by atoms with E-state index in [0.29, 0.717) is 169 Å². The summed E-state index contributed by atoms with van der Waals surface area (Å²) in [4.78, 5) is 109. The highest BCUT2D eigenvalue weighted by Gasteiger charge is 2.42. The second kappa shape index (κ2) is 41.8. The lowest BCUT2D eigenvalue weighted by molar-refractivity contribution is -0.138. The fourth-order valence-electron chi connectivity index (χ4n) is 7.66. The van der Waals surface area contributed by atoms with Crippen molar-refractivity contribution in [1.29, 1.82) is 0 Å². The van der Waals surface area contributed by atoms with E-state index in [9.17, 15) is 33.6 Å². The van der Waals surface area contributed by atoms with E-state index in [0.717, 1.165) is 25.0 Å². The first kappa shape index (κ1) is 64.3. The first-order chi connectivity index (χ1) is 37.2. The molecule has 7 N–H and O–H groups in total. The van der Waals surface area contributed by atoms with Gasteiger partial charge in [0.15, 0.2) is 0 Å². The van der Waals surface area contributed by atoms with Crippen LogP contribution < -0.4 is 37.9 Å². The number of carbonyl (C=O) groups excluding carboxylic acids is 7. The van der Waals surface area contributed by atoms with Gasteiger partial charge in [0.1, 0.15) is 6.61 Å². The molecular weight excluding hydrogens is 1020 g/mol. The number of nitrogens with zero attached hydrogens (tertiary/aromatic N) is 3. The maximum Gasteiger partial charge on any atom is 0.315 e. The van der Waals surface area contributed by atoms with E-state index in [-0.39, 0.29) is 86.6 Å². The quantitative estimate of drug-likeness (QED) is 0.0154. The molecule has 8 amide bonds. The molecule has 27 nitrogen and oxygen atoms in total. The van der Waals surface area contributed by atoms with Gasteiger partial charge in [-0.2, -0.15) is 11.8 Å². The molecule has 4 aliphatic rings. The molecule has 0 aromatic carbocycles. The number of imide groups is 2. The van der Waals surface area contributed by atoms with Gasteiger partial charge >= 0.3 is 6.03 Å². The number of hydrogen-bond donors (Lipinski definition) is 7. The van der Waals surface area contributed by atoms with Gasteiger partial charge in [-0.3, -0.25) is 48.2 Å². The predicted molar refractivity (Wildman–Crippen MR) is 274 cm³/mol. The van der Waals surface area contributed by atoms with Gasteiger partial charge in [-0.05, 0) is 38.5 Å². The maximum absolute atomic E-state index is 13.1. The Labute approximate surface area is 449 Å². The first-order valence-corrected chi connectivity index (χ1v) is 27.4. The highest BCUT2D eigenvalue weighted by atomic mass is 32.2. The predicted octanol–water partition coefficient (Wildman–Crippen LogP) is -1.75. The molecule has 432 valence electrons. The van der Waals surface area contributed by atoms with Gasteiger partial charge in [0.25, 0.3) is 23.6 Å². The molecule has 0 aromatic rings. The number of thioether (sulfide) groups is 1. The Morgan fingerprint density at radius 3 is 1.53 bits per heavy atom. The molecule has 2 saturated heterocycles. The summed E-state index contributed by atoms with van der Waals surface area (Å²) in [6.45, 7) is 8.55. The highest BCUT2D eigenvalue weighted by Crippen LogP contribution is 2.33. The van der Waals surface area contributed by atoms with Crippen molar-refractivity contribution in [2.24, 2.45) is 0 Å². The number of ether oxygens (including phenoxy) is 6. The van der Waals surface area contributed by atoms with Crippen LogP contribution in [0.2, 0.25) is 0 Å². The normalized spacial score (nSPS) is 17.9. The van der Waals surface area contributed by atoms with E-state index in [1.807, 2.05) is 11.8 Å². The Hall–Kier alpha value is -4.24. The molecule has 4 heterocycles. The molecule has 3 atom stereocenters. The highest BCUT2D eigenvalue weighted by molar-refractivity contribution is 8.00. The Kier molecular flexibility index (Phi) is 35.4. The van der Waals surface area contributed by atoms with Gasteiger partial charge in [-0.15, -0.1) is 0 Å². The van der Waals surface area contributed by atoms with Crippen molar-refractivity contribution in [3.63, 3.8) is 0 Å². The number of fused-ring (bicyclic) bond motifs is 1. The second-order valence-electron chi connectivity index (χ2n) is 17.4. The lowest BCUT2D eigenvalue weighted by Gasteiger charge is -2.23. The fourth-order valence-corrected chi connectivity index (χ4v) is 9.20. The monoisotopic (exact) mass is 1100 g/mol. The number of unbranched alkanes of at least 4 members (excludes halogenated alkanes) is 3. The van der Waals surface area contributed by atoms with Gasteiger partial charge in [0.2, 0.25) is 11.8 Å². The minimum absolute atomic E-state index is 0.0282. The summed E-state index contributed by atoms with van der Waals surface area (Å²) in [5, 5.41) is 9.20. The number of carbonyl (C=O) groups is 7. The molecule has 0 aromatic heterocycles. The average molecular weight is 1100 g/mol. The van der Waals surface area contributed by atoms with Crippen LogP contribution in [0.4, 0.5) is 4.79 Å². The van der Waals surface area contributed by atoms with E-state index in [1.54, 1.807) is 4.90 Å². The molecule has 0 spiro atoms. The number of rotatable bonds is 51. The minimum Gasteiger partial charge on any atom is -0.378 e. The Morgan fingerprint density at radius 1 is 0.526 bits per heavy atom. The van der Waals surface area contributed by atoms with Crippen LogP contribution in [-0.2, 0) is 76.5 Å². The number of nitrogens with one attached hydrogen (secondary N) is 7. The Morgan fingerprint density at radius 2 is 0.987 bits per heavy atom. The van der Waals surface area contributed by atoms with Crippen LogP contribution in [0.15, 0.2) is 24.3 Å². The zero-order valence-electron chi connectivity index (χ0n) is 43.8. The second-order valence-corrected chi connectivity index (χ2v) is 18.7. The van der Waals surface area contributed by atoms with Crippen LogP contribution in [0.3, 0.4) is 0 Å². The van der Waals surface area contributed by atoms with Crippen LogP contribution in [0, 0.1) is 0 Å². The van der Waals surface area contributed by atoms with Gasteiger partial charge in [0.05, 0.1) is 111 Å². The van der Waals surface area contributed by atoms with Gasteiger partial charge < -0.3 is 58.9 Å². The van der Waals surface area contributed by atoms with Gasteiger partial charge in [0, 0.05) is 101 Å². The summed E-state index contributed by atoms with van der Waals surface area (Å²) < 4.78 is 33.3. The van der Waals surface area contributed by atoms with Crippen molar-refractivity contribution in [3.05, 3.63) is 24.3 Å². The van der Waals surface area contributed by atoms with E-state index < -0.39 is 0 Å². The summed E-state index contributed by atoms with van der Waals surface area (Å²) in [6, 6.07) is 0.280. The molecule has 0 aliphatic carbocycles. The summed E-state index contributed by atoms with van der Waals surface area (Å²) in [6.07, 6.45) is 10.9. The number of hydrogen-bond acceptors (Lipinski definition) is 22. The fraction of sp³-hybridized carbons (Fsp3) is 0.771. The molecule has 0 saturated carbocycles. The minimum atomic E-state index is -0.279. The van der Waals surface area contributed by atoms with Crippen molar-refractivity contribution in [2.45, 2.75) is 68.7 Å². The van der Waals surface area contributed by atoms with Crippen LogP contribution in [0.1, 0.15) is 51.4 Å². The van der Waals surface area contributed by atoms with Crippen LogP contribution in [-0.4, -0.2) is 244 Å². The number of hydroxylamine groups is 4. The van der Waals surface area contributed by atoms with Crippen molar-refractivity contribution in [1.82, 2.24) is 52.6 Å². The molecule has 3 unspecified atom stereocenters. The van der Waals surface area contributed by atoms with E-state index in [2.05, 4.69) is 37.9 Å². The van der Waals surface area contributed by atoms with Crippen LogP contribution >= 0.6 is 11.8 Å². The van der Waals surface area contributed by atoms with Crippen molar-refractivity contribution >= 4 is 53.2 Å². The summed E-state index contributed by atoms with van der Waals surface area (Å²) in [5.41, 5.74) is 11.4. The third-order valence-electron chi connectivity index (χ3n) is 11.6. The van der Waals surface area contributed by atoms with E-state index >= 15 is 0 Å². The molecule has 76 heavy (non-hydrogen) atoms. The summed E-state index contributed by atoms with van der Waals surface area (Å²) >= 11 is 1.87. The van der Waals surface area contributed by atoms with Gasteiger partial charge in [-0.1, -0.05) is 6.42 Å². The molecule has 28 heteroatoms. The smallest absolute Gasteiger partial charge is 0.315 e. The standard InChI is InChI=1S/C48H82N10O17S/c59-41(8-2-1-7-40-47-39(38-76-40)54-48(65)55-47)49-15-24-66-31-32-71-37-46(64)56(20-13-50-74-35-33-69-29-27-67-25-16-52-72-22-5-3-18-57-42(60)9-10-43(57)61)21-14-51-75-36-34-70-30-28-68-26-17-53-73-23-6-4-19-58-44(62)11-12-45(58)63/h9-12,39-40,47,50-53H,1-8,13-38H2,(H,49,59)(H2,54,55,65). The molecular formula is C48H82N10O17S. The molecule has 2 fully saturated rings.